The van der Waals surface area contributed by atoms with Crippen molar-refractivity contribution in [2.24, 2.45) is 0 Å². The lowest BCUT2D eigenvalue weighted by Crippen LogP contribution is -2.44. The summed E-state index contributed by atoms with van der Waals surface area (Å²) >= 11 is 0. The van der Waals surface area contributed by atoms with Crippen LogP contribution in [0.25, 0.3) is 0 Å². The van der Waals surface area contributed by atoms with Gasteiger partial charge in [-0.15, -0.1) is 0 Å². The van der Waals surface area contributed by atoms with Gasteiger partial charge in [-0.05, 0) is 67.3 Å². The first kappa shape index (κ1) is 23.8. The summed E-state index contributed by atoms with van der Waals surface area (Å²) in [5.41, 5.74) is 1.81. The Morgan fingerprint density at radius 2 is 1.67 bits per heavy atom. The SMILES string of the molecule is COc1ccc(CC(=O)N(CC(=O)N(Cc2ccc3c(c2)OCO3)Cc2ccc(C)o2)C2CC2)cc1. The Balaban J connectivity index is 1.31. The summed E-state index contributed by atoms with van der Waals surface area (Å²) in [6, 6.07) is 17.0. The van der Waals surface area contributed by atoms with Crippen LogP contribution in [0.4, 0.5) is 0 Å². The Labute approximate surface area is 210 Å². The van der Waals surface area contributed by atoms with Crippen molar-refractivity contribution in [3.05, 3.63) is 77.2 Å². The van der Waals surface area contributed by atoms with E-state index >= 15 is 0 Å². The van der Waals surface area contributed by atoms with Crippen molar-refractivity contribution in [2.45, 2.75) is 45.3 Å². The molecule has 2 heterocycles. The van der Waals surface area contributed by atoms with Gasteiger partial charge in [0.05, 0.1) is 20.1 Å². The second-order valence-corrected chi connectivity index (χ2v) is 9.23. The van der Waals surface area contributed by atoms with E-state index < -0.39 is 0 Å². The van der Waals surface area contributed by atoms with Gasteiger partial charge in [-0.3, -0.25) is 9.59 Å². The number of aryl methyl sites for hydroxylation is 1. The van der Waals surface area contributed by atoms with Gasteiger partial charge in [0.2, 0.25) is 18.6 Å². The predicted octanol–water partition coefficient (Wildman–Crippen LogP) is 4.09. The van der Waals surface area contributed by atoms with Crippen molar-refractivity contribution in [1.29, 1.82) is 0 Å². The van der Waals surface area contributed by atoms with Crippen LogP contribution in [0.3, 0.4) is 0 Å². The van der Waals surface area contributed by atoms with Crippen molar-refractivity contribution >= 4 is 11.8 Å². The molecule has 1 fully saturated rings. The Morgan fingerprint density at radius 3 is 2.36 bits per heavy atom. The van der Waals surface area contributed by atoms with Crippen LogP contribution in [0.15, 0.2) is 59.0 Å². The average molecular weight is 491 g/mol. The lowest BCUT2D eigenvalue weighted by Gasteiger charge is -2.27. The Bertz CT molecular complexity index is 1230. The number of rotatable bonds is 10. The molecule has 1 aliphatic carbocycles. The first-order valence-corrected chi connectivity index (χ1v) is 12.1. The fourth-order valence-electron chi connectivity index (χ4n) is 4.32. The van der Waals surface area contributed by atoms with E-state index in [0.29, 0.717) is 30.3 Å². The quantitative estimate of drug-likeness (QED) is 0.426. The lowest BCUT2D eigenvalue weighted by atomic mass is 10.1. The molecule has 36 heavy (non-hydrogen) atoms. The van der Waals surface area contributed by atoms with Crippen molar-refractivity contribution in [1.82, 2.24) is 9.80 Å². The highest BCUT2D eigenvalue weighted by Crippen LogP contribution is 2.33. The van der Waals surface area contributed by atoms with E-state index in [0.717, 1.165) is 35.5 Å². The topological polar surface area (TPSA) is 81.5 Å². The first-order valence-electron chi connectivity index (χ1n) is 12.1. The van der Waals surface area contributed by atoms with Crippen LogP contribution in [0.1, 0.15) is 35.5 Å². The highest BCUT2D eigenvalue weighted by atomic mass is 16.7. The van der Waals surface area contributed by atoms with Gasteiger partial charge in [-0.1, -0.05) is 18.2 Å². The Hall–Kier alpha value is -3.94. The zero-order valence-corrected chi connectivity index (χ0v) is 20.6. The lowest BCUT2D eigenvalue weighted by molar-refractivity contribution is -0.141. The van der Waals surface area contributed by atoms with E-state index in [4.69, 9.17) is 18.6 Å². The molecular weight excluding hydrogens is 460 g/mol. The minimum atomic E-state index is -0.128. The average Bonchev–Trinajstić information content (AvgIpc) is 3.47. The molecule has 0 spiro atoms. The molecule has 0 N–H and O–H groups in total. The predicted molar refractivity (Wildman–Crippen MR) is 132 cm³/mol. The van der Waals surface area contributed by atoms with Crippen molar-refractivity contribution in [2.75, 3.05) is 20.4 Å². The summed E-state index contributed by atoms with van der Waals surface area (Å²) in [6.07, 6.45) is 2.08. The van der Waals surface area contributed by atoms with Gasteiger partial charge in [0.1, 0.15) is 23.8 Å². The number of benzene rings is 2. The van der Waals surface area contributed by atoms with Crippen LogP contribution in [0, 0.1) is 6.92 Å². The Morgan fingerprint density at radius 1 is 0.917 bits per heavy atom. The molecule has 0 bridgehead atoms. The van der Waals surface area contributed by atoms with E-state index in [1.807, 2.05) is 61.5 Å². The molecule has 0 saturated heterocycles. The van der Waals surface area contributed by atoms with Gasteiger partial charge < -0.3 is 28.4 Å². The van der Waals surface area contributed by atoms with Gasteiger partial charge in [-0.2, -0.15) is 0 Å². The molecule has 1 saturated carbocycles. The van der Waals surface area contributed by atoms with Crippen LogP contribution in [-0.2, 0) is 29.1 Å². The van der Waals surface area contributed by atoms with E-state index in [2.05, 4.69) is 0 Å². The van der Waals surface area contributed by atoms with Gasteiger partial charge in [0.15, 0.2) is 11.5 Å². The third-order valence-electron chi connectivity index (χ3n) is 6.43. The maximum Gasteiger partial charge on any atom is 0.242 e. The second-order valence-electron chi connectivity index (χ2n) is 9.23. The van der Waals surface area contributed by atoms with Crippen LogP contribution >= 0.6 is 0 Å². The zero-order chi connectivity index (χ0) is 25.1. The van der Waals surface area contributed by atoms with Crippen molar-refractivity contribution < 1.29 is 28.2 Å². The molecular formula is C28H30N2O6. The van der Waals surface area contributed by atoms with E-state index in [1.165, 1.54) is 0 Å². The van der Waals surface area contributed by atoms with E-state index in [-0.39, 0.29) is 37.6 Å². The number of methoxy groups -OCH3 is 1. The number of amides is 2. The van der Waals surface area contributed by atoms with Gasteiger partial charge in [-0.25, -0.2) is 0 Å². The number of carbonyl (C=O) groups excluding carboxylic acids is 2. The van der Waals surface area contributed by atoms with E-state index in [9.17, 15) is 9.59 Å². The van der Waals surface area contributed by atoms with Crippen molar-refractivity contribution in [3.8, 4) is 17.2 Å². The first-order chi connectivity index (χ1) is 17.5. The molecule has 2 aliphatic rings. The maximum atomic E-state index is 13.6. The van der Waals surface area contributed by atoms with Crippen LogP contribution in [-0.4, -0.2) is 48.1 Å². The fraction of sp³-hybridized carbons (Fsp3) is 0.357. The highest BCUT2D eigenvalue weighted by molar-refractivity contribution is 5.86. The smallest absolute Gasteiger partial charge is 0.242 e. The second kappa shape index (κ2) is 10.4. The van der Waals surface area contributed by atoms with Gasteiger partial charge in [0.25, 0.3) is 0 Å². The molecule has 1 aliphatic heterocycles. The minimum absolute atomic E-state index is 0.0316. The maximum absolute atomic E-state index is 13.6. The number of furan rings is 1. The van der Waals surface area contributed by atoms with Crippen LogP contribution in [0.5, 0.6) is 17.2 Å². The third kappa shape index (κ3) is 5.64. The number of nitrogens with zero attached hydrogens (tertiary/aromatic N) is 2. The zero-order valence-electron chi connectivity index (χ0n) is 20.6. The number of carbonyl (C=O) groups is 2. The normalized spacial score (nSPS) is 13.9. The fourth-order valence-corrected chi connectivity index (χ4v) is 4.32. The van der Waals surface area contributed by atoms with Crippen molar-refractivity contribution in [3.63, 3.8) is 0 Å². The van der Waals surface area contributed by atoms with Crippen LogP contribution < -0.4 is 14.2 Å². The Kier molecular flexibility index (Phi) is 6.84. The highest BCUT2D eigenvalue weighted by Gasteiger charge is 2.35. The molecule has 188 valence electrons. The van der Waals surface area contributed by atoms with Crippen LogP contribution in [0.2, 0.25) is 0 Å². The molecule has 5 rings (SSSR count). The summed E-state index contributed by atoms with van der Waals surface area (Å²) in [5.74, 6) is 3.42. The summed E-state index contributed by atoms with van der Waals surface area (Å²) in [5, 5.41) is 0. The number of hydrogen-bond acceptors (Lipinski definition) is 6. The van der Waals surface area contributed by atoms with E-state index in [1.54, 1.807) is 16.9 Å². The molecule has 8 heteroatoms. The number of ether oxygens (including phenoxy) is 3. The molecule has 0 atom stereocenters. The molecule has 3 aromatic rings. The monoisotopic (exact) mass is 490 g/mol. The largest absolute Gasteiger partial charge is 0.497 e. The summed E-state index contributed by atoms with van der Waals surface area (Å²) in [6.45, 7) is 2.77. The molecule has 8 nitrogen and oxygen atoms in total. The summed E-state index contributed by atoms with van der Waals surface area (Å²) in [7, 11) is 1.61. The minimum Gasteiger partial charge on any atom is -0.497 e. The summed E-state index contributed by atoms with van der Waals surface area (Å²) < 4.78 is 21.9. The molecule has 1 aromatic heterocycles. The standard InChI is InChI=1S/C28H30N2O6/c1-19-3-9-24(36-19)16-29(15-21-6-12-25-26(13-21)35-18-34-25)28(32)17-30(22-7-8-22)27(31)14-20-4-10-23(33-2)11-5-20/h3-6,9-13,22H,7-8,14-18H2,1-2H3. The molecule has 0 radical (unpaired) electrons. The molecule has 2 aromatic carbocycles. The van der Waals surface area contributed by atoms with Gasteiger partial charge in [0, 0.05) is 12.6 Å². The molecule has 0 unspecified atom stereocenters. The third-order valence-corrected chi connectivity index (χ3v) is 6.43. The number of hydrogen-bond donors (Lipinski definition) is 0. The molecule has 2 amide bonds. The summed E-state index contributed by atoms with van der Waals surface area (Å²) in [4.78, 5) is 30.3. The van der Waals surface area contributed by atoms with Gasteiger partial charge >= 0.3 is 0 Å². The number of fused-ring (bicyclic) bond motifs is 1.